The number of imidazole rings is 1. The largest absolute Gasteiger partial charge is 0.379 e. The van der Waals surface area contributed by atoms with Crippen molar-refractivity contribution in [3.63, 3.8) is 0 Å². The van der Waals surface area contributed by atoms with Crippen LogP contribution >= 0.6 is 0 Å². The third-order valence-corrected chi connectivity index (χ3v) is 5.11. The van der Waals surface area contributed by atoms with Crippen LogP contribution in [0.25, 0.3) is 5.69 Å². The first-order valence-corrected chi connectivity index (χ1v) is 8.97. The van der Waals surface area contributed by atoms with Gasteiger partial charge in [-0.2, -0.15) is 0 Å². The molecule has 4 rings (SSSR count). The van der Waals surface area contributed by atoms with Crippen molar-refractivity contribution in [2.45, 2.75) is 6.42 Å². The molecule has 132 valence electrons. The third-order valence-electron chi connectivity index (χ3n) is 5.11. The van der Waals surface area contributed by atoms with E-state index in [1.807, 2.05) is 39.9 Å². The Morgan fingerprint density at radius 3 is 2.68 bits per heavy atom. The van der Waals surface area contributed by atoms with Gasteiger partial charge in [0.2, 0.25) is 0 Å². The molecule has 0 saturated carbocycles. The van der Waals surface area contributed by atoms with Crippen LogP contribution in [-0.2, 0) is 4.74 Å². The number of morpholine rings is 1. The molecule has 0 bridgehead atoms. The predicted octanol–water partition coefficient (Wildman–Crippen LogP) is 1.67. The molecule has 25 heavy (non-hydrogen) atoms. The molecule has 0 aliphatic carbocycles. The van der Waals surface area contributed by atoms with E-state index in [9.17, 15) is 4.79 Å². The zero-order valence-electron chi connectivity index (χ0n) is 14.4. The average Bonchev–Trinajstić information content (AvgIpc) is 3.34. The van der Waals surface area contributed by atoms with Crippen molar-refractivity contribution >= 4 is 5.91 Å². The number of amides is 1. The molecule has 3 heterocycles. The highest BCUT2D eigenvalue weighted by molar-refractivity contribution is 5.94. The summed E-state index contributed by atoms with van der Waals surface area (Å²) in [5, 5.41) is 0. The summed E-state index contributed by atoms with van der Waals surface area (Å²) >= 11 is 0. The fourth-order valence-electron chi connectivity index (χ4n) is 3.69. The molecular weight excluding hydrogens is 316 g/mol. The number of carbonyl (C=O) groups excluding carboxylic acids is 1. The topological polar surface area (TPSA) is 50.6 Å². The van der Waals surface area contributed by atoms with Gasteiger partial charge >= 0.3 is 0 Å². The van der Waals surface area contributed by atoms with Gasteiger partial charge in [-0.05, 0) is 36.6 Å². The normalized spacial score (nSPS) is 21.6. The van der Waals surface area contributed by atoms with Crippen LogP contribution in [0, 0.1) is 5.92 Å². The van der Waals surface area contributed by atoms with Crippen LogP contribution in [0.15, 0.2) is 43.0 Å². The molecule has 0 spiro atoms. The highest BCUT2D eigenvalue weighted by Gasteiger charge is 2.28. The number of hydrogen-bond acceptors (Lipinski definition) is 4. The fourth-order valence-corrected chi connectivity index (χ4v) is 3.69. The van der Waals surface area contributed by atoms with Crippen molar-refractivity contribution < 1.29 is 9.53 Å². The summed E-state index contributed by atoms with van der Waals surface area (Å²) < 4.78 is 7.34. The lowest BCUT2D eigenvalue weighted by atomic mass is 10.1. The number of aromatic nitrogens is 2. The molecule has 1 amide bonds. The number of likely N-dealkylation sites (tertiary alicyclic amines) is 1. The fraction of sp³-hybridized carbons (Fsp3) is 0.474. The van der Waals surface area contributed by atoms with Gasteiger partial charge in [0.25, 0.3) is 5.91 Å². The van der Waals surface area contributed by atoms with Gasteiger partial charge in [0.15, 0.2) is 0 Å². The first kappa shape index (κ1) is 16.3. The third kappa shape index (κ3) is 3.75. The standard InChI is InChI=1S/C19H24N4O2/c24-19(17-1-3-18(4-2-17)23-8-6-20-15-23)22-7-5-16(14-22)13-21-9-11-25-12-10-21/h1-4,6,8,15-16H,5,7,9-14H2/t16-/m0/s1. The first-order chi connectivity index (χ1) is 12.3. The molecule has 1 aromatic carbocycles. The van der Waals surface area contributed by atoms with Gasteiger partial charge in [-0.3, -0.25) is 9.69 Å². The Labute approximate surface area is 148 Å². The minimum atomic E-state index is 0.140. The second kappa shape index (κ2) is 7.37. The summed E-state index contributed by atoms with van der Waals surface area (Å²) in [7, 11) is 0. The highest BCUT2D eigenvalue weighted by Crippen LogP contribution is 2.21. The number of hydrogen-bond donors (Lipinski definition) is 0. The van der Waals surface area contributed by atoms with E-state index < -0.39 is 0 Å². The molecule has 2 fully saturated rings. The second-order valence-corrected chi connectivity index (χ2v) is 6.84. The Kier molecular flexibility index (Phi) is 4.81. The Balaban J connectivity index is 1.35. The maximum Gasteiger partial charge on any atom is 0.253 e. The molecule has 2 aliphatic heterocycles. The van der Waals surface area contributed by atoms with E-state index in [1.54, 1.807) is 12.5 Å². The predicted molar refractivity (Wildman–Crippen MR) is 94.8 cm³/mol. The van der Waals surface area contributed by atoms with Crippen molar-refractivity contribution in [1.29, 1.82) is 0 Å². The summed E-state index contributed by atoms with van der Waals surface area (Å²) in [6, 6.07) is 7.76. The molecule has 2 saturated heterocycles. The van der Waals surface area contributed by atoms with Crippen LogP contribution in [-0.4, -0.2) is 71.2 Å². The average molecular weight is 340 g/mol. The first-order valence-electron chi connectivity index (χ1n) is 8.97. The summed E-state index contributed by atoms with van der Waals surface area (Å²) in [6.45, 7) is 6.49. The van der Waals surface area contributed by atoms with Crippen molar-refractivity contribution in [1.82, 2.24) is 19.4 Å². The molecule has 6 heteroatoms. The smallest absolute Gasteiger partial charge is 0.253 e. The van der Waals surface area contributed by atoms with Crippen LogP contribution in [0.4, 0.5) is 0 Å². The molecule has 1 aromatic heterocycles. The molecule has 2 aliphatic rings. The van der Waals surface area contributed by atoms with E-state index in [0.717, 1.165) is 63.6 Å². The van der Waals surface area contributed by atoms with E-state index in [1.165, 1.54) is 0 Å². The minimum absolute atomic E-state index is 0.140. The number of rotatable bonds is 4. The summed E-state index contributed by atoms with van der Waals surface area (Å²) in [6.07, 6.45) is 6.50. The zero-order valence-corrected chi connectivity index (χ0v) is 14.4. The molecule has 0 unspecified atom stereocenters. The van der Waals surface area contributed by atoms with Crippen LogP contribution in [0.2, 0.25) is 0 Å². The summed E-state index contributed by atoms with van der Waals surface area (Å²) in [4.78, 5) is 21.3. The van der Waals surface area contributed by atoms with Crippen LogP contribution < -0.4 is 0 Å². The lowest BCUT2D eigenvalue weighted by Gasteiger charge is -2.29. The number of carbonyl (C=O) groups is 1. The quantitative estimate of drug-likeness (QED) is 0.849. The Morgan fingerprint density at radius 2 is 1.96 bits per heavy atom. The zero-order chi connectivity index (χ0) is 17.1. The van der Waals surface area contributed by atoms with E-state index >= 15 is 0 Å². The summed E-state index contributed by atoms with van der Waals surface area (Å²) in [5.41, 5.74) is 1.77. The van der Waals surface area contributed by atoms with E-state index in [0.29, 0.717) is 5.92 Å². The SMILES string of the molecule is O=C(c1ccc(-n2ccnc2)cc1)N1CC[C@@H](CN2CCOCC2)C1. The van der Waals surface area contributed by atoms with Gasteiger partial charge in [-0.15, -0.1) is 0 Å². The Hall–Kier alpha value is -2.18. The molecule has 6 nitrogen and oxygen atoms in total. The van der Waals surface area contributed by atoms with Crippen LogP contribution in [0.1, 0.15) is 16.8 Å². The monoisotopic (exact) mass is 340 g/mol. The van der Waals surface area contributed by atoms with Gasteiger partial charge in [0, 0.05) is 56.4 Å². The summed E-state index contributed by atoms with van der Waals surface area (Å²) in [5.74, 6) is 0.717. The van der Waals surface area contributed by atoms with Crippen molar-refractivity contribution in [2.24, 2.45) is 5.92 Å². The number of nitrogens with zero attached hydrogens (tertiary/aromatic N) is 4. The minimum Gasteiger partial charge on any atom is -0.379 e. The Morgan fingerprint density at radius 1 is 1.16 bits per heavy atom. The highest BCUT2D eigenvalue weighted by atomic mass is 16.5. The van der Waals surface area contributed by atoms with Crippen molar-refractivity contribution in [2.75, 3.05) is 45.9 Å². The Bertz CT molecular complexity index is 693. The van der Waals surface area contributed by atoms with Crippen molar-refractivity contribution in [3.8, 4) is 5.69 Å². The number of ether oxygens (including phenoxy) is 1. The van der Waals surface area contributed by atoms with E-state index in [4.69, 9.17) is 4.74 Å². The van der Waals surface area contributed by atoms with Gasteiger partial charge < -0.3 is 14.2 Å². The van der Waals surface area contributed by atoms with E-state index in [2.05, 4.69) is 9.88 Å². The van der Waals surface area contributed by atoms with Gasteiger partial charge in [-0.1, -0.05) is 0 Å². The second-order valence-electron chi connectivity index (χ2n) is 6.84. The lowest BCUT2D eigenvalue weighted by molar-refractivity contribution is 0.0310. The van der Waals surface area contributed by atoms with Gasteiger partial charge in [0.05, 0.1) is 19.5 Å². The van der Waals surface area contributed by atoms with E-state index in [-0.39, 0.29) is 5.91 Å². The molecular formula is C19H24N4O2. The maximum atomic E-state index is 12.8. The maximum absolute atomic E-state index is 12.8. The molecule has 1 atom stereocenters. The molecule has 0 N–H and O–H groups in total. The molecule has 0 radical (unpaired) electrons. The van der Waals surface area contributed by atoms with Crippen molar-refractivity contribution in [3.05, 3.63) is 48.5 Å². The van der Waals surface area contributed by atoms with Crippen LogP contribution in [0.5, 0.6) is 0 Å². The van der Waals surface area contributed by atoms with Crippen LogP contribution in [0.3, 0.4) is 0 Å². The molecule has 2 aromatic rings. The van der Waals surface area contributed by atoms with Gasteiger partial charge in [0.1, 0.15) is 0 Å². The lowest BCUT2D eigenvalue weighted by Crippen LogP contribution is -2.40. The number of benzene rings is 1. The van der Waals surface area contributed by atoms with Gasteiger partial charge in [-0.25, -0.2) is 4.98 Å².